The molecule has 6 heteroatoms. The van der Waals surface area contributed by atoms with E-state index in [1.165, 1.54) is 44.3 Å². The van der Waals surface area contributed by atoms with E-state index >= 15 is 0 Å². The maximum Gasteiger partial charge on any atom is 0.231 e. The minimum absolute atomic E-state index is 0.292. The molecule has 1 amide bonds. The Morgan fingerprint density at radius 2 is 1.73 bits per heavy atom. The second-order valence-electron chi connectivity index (χ2n) is 9.56. The zero-order chi connectivity index (χ0) is 20.3. The molecule has 2 aliphatic heterocycles. The Morgan fingerprint density at radius 1 is 0.967 bits per heavy atom. The number of nitrogens with one attached hydrogen (secondary N) is 1. The second kappa shape index (κ2) is 9.04. The fourth-order valence-electron chi connectivity index (χ4n) is 5.21. The molecule has 2 aliphatic carbocycles. The Balaban J connectivity index is 1.01. The van der Waals surface area contributed by atoms with E-state index in [2.05, 4.69) is 27.2 Å². The van der Waals surface area contributed by atoms with Crippen LogP contribution < -0.4 is 19.7 Å². The van der Waals surface area contributed by atoms with E-state index in [1.54, 1.807) is 0 Å². The van der Waals surface area contributed by atoms with Gasteiger partial charge >= 0.3 is 0 Å². The van der Waals surface area contributed by atoms with Crippen molar-refractivity contribution in [1.82, 2.24) is 10.2 Å². The Labute approximate surface area is 179 Å². The SMILES string of the molecule is O=C(CC1CC1)NC1CCC(CCN2CCN(c3cccc4c3OCO4)CC2)CC1. The molecule has 2 heterocycles. The first-order valence-electron chi connectivity index (χ1n) is 11.9. The van der Waals surface area contributed by atoms with Gasteiger partial charge in [-0.2, -0.15) is 0 Å². The fourth-order valence-corrected chi connectivity index (χ4v) is 5.21. The molecule has 0 atom stereocenters. The van der Waals surface area contributed by atoms with Gasteiger partial charge in [0, 0.05) is 38.6 Å². The van der Waals surface area contributed by atoms with Crippen molar-refractivity contribution in [2.24, 2.45) is 11.8 Å². The van der Waals surface area contributed by atoms with Crippen molar-refractivity contribution < 1.29 is 14.3 Å². The molecule has 0 radical (unpaired) electrons. The van der Waals surface area contributed by atoms with E-state index in [4.69, 9.17) is 9.47 Å². The van der Waals surface area contributed by atoms with Crippen molar-refractivity contribution in [2.75, 3.05) is 44.4 Å². The summed E-state index contributed by atoms with van der Waals surface area (Å²) in [5.41, 5.74) is 1.17. The first-order valence-corrected chi connectivity index (χ1v) is 11.9. The molecule has 0 aromatic heterocycles. The number of fused-ring (bicyclic) bond motifs is 1. The third-order valence-corrected chi connectivity index (χ3v) is 7.33. The third kappa shape index (κ3) is 4.85. The average molecular weight is 414 g/mol. The van der Waals surface area contributed by atoms with Gasteiger partial charge in [-0.3, -0.25) is 9.69 Å². The molecule has 30 heavy (non-hydrogen) atoms. The van der Waals surface area contributed by atoms with Crippen LogP contribution in [-0.2, 0) is 4.79 Å². The van der Waals surface area contributed by atoms with E-state index in [-0.39, 0.29) is 0 Å². The molecule has 4 aliphatic rings. The van der Waals surface area contributed by atoms with Crippen molar-refractivity contribution in [2.45, 2.75) is 57.4 Å². The highest BCUT2D eigenvalue weighted by atomic mass is 16.7. The van der Waals surface area contributed by atoms with Crippen molar-refractivity contribution in [3.63, 3.8) is 0 Å². The number of anilines is 1. The molecule has 2 saturated carbocycles. The van der Waals surface area contributed by atoms with Crippen molar-refractivity contribution in [3.05, 3.63) is 18.2 Å². The summed E-state index contributed by atoms with van der Waals surface area (Å²) in [4.78, 5) is 17.1. The highest BCUT2D eigenvalue weighted by molar-refractivity contribution is 5.76. The van der Waals surface area contributed by atoms with Crippen molar-refractivity contribution >= 4 is 11.6 Å². The van der Waals surface area contributed by atoms with Crippen LogP contribution in [0.15, 0.2) is 18.2 Å². The molecule has 0 spiro atoms. The predicted molar refractivity (Wildman–Crippen MR) is 117 cm³/mol. The maximum atomic E-state index is 12.0. The molecule has 6 nitrogen and oxygen atoms in total. The molecule has 1 aromatic rings. The van der Waals surface area contributed by atoms with E-state index < -0.39 is 0 Å². The number of para-hydroxylation sites is 1. The lowest BCUT2D eigenvalue weighted by molar-refractivity contribution is -0.122. The van der Waals surface area contributed by atoms with E-state index in [0.717, 1.165) is 62.9 Å². The molecule has 1 aromatic carbocycles. The number of ether oxygens (including phenoxy) is 2. The standard InChI is InChI=1S/C24H35N3O3/c28-23(16-19-4-5-19)25-20-8-6-18(7-9-20)10-11-26-12-14-27(15-13-26)21-2-1-3-22-24(21)30-17-29-22/h1-3,18-20H,4-17H2,(H,25,28). The average Bonchev–Trinajstić information content (AvgIpc) is 3.45. The van der Waals surface area contributed by atoms with Gasteiger partial charge in [0.15, 0.2) is 11.5 Å². The van der Waals surface area contributed by atoms with Crippen LogP contribution in [0.1, 0.15) is 51.4 Å². The van der Waals surface area contributed by atoms with Crippen LogP contribution in [0.3, 0.4) is 0 Å². The summed E-state index contributed by atoms with van der Waals surface area (Å²) in [6.45, 7) is 5.83. The Bertz CT molecular complexity index is 735. The number of piperazine rings is 1. The number of carbonyl (C=O) groups is 1. The number of hydrogen-bond donors (Lipinski definition) is 1. The van der Waals surface area contributed by atoms with Gasteiger partial charge in [-0.1, -0.05) is 6.07 Å². The van der Waals surface area contributed by atoms with Crippen LogP contribution in [0, 0.1) is 11.8 Å². The van der Waals surface area contributed by atoms with Gasteiger partial charge in [0.25, 0.3) is 0 Å². The van der Waals surface area contributed by atoms with Crippen molar-refractivity contribution in [1.29, 1.82) is 0 Å². The van der Waals surface area contributed by atoms with Crippen LogP contribution >= 0.6 is 0 Å². The Hall–Kier alpha value is -1.95. The van der Waals surface area contributed by atoms with Gasteiger partial charge < -0.3 is 19.7 Å². The summed E-state index contributed by atoms with van der Waals surface area (Å²) >= 11 is 0. The van der Waals surface area contributed by atoms with E-state index in [0.29, 0.717) is 24.7 Å². The predicted octanol–water partition coefficient (Wildman–Crippen LogP) is 3.40. The summed E-state index contributed by atoms with van der Waals surface area (Å²) in [5, 5.41) is 3.28. The molecule has 5 rings (SSSR count). The topological polar surface area (TPSA) is 54.0 Å². The molecule has 1 N–H and O–H groups in total. The highest BCUT2D eigenvalue weighted by Gasteiger charge is 2.28. The summed E-state index contributed by atoms with van der Waals surface area (Å²) in [6, 6.07) is 6.61. The van der Waals surface area contributed by atoms with Gasteiger partial charge in [-0.05, 0) is 75.5 Å². The number of amides is 1. The maximum absolute atomic E-state index is 12.0. The second-order valence-corrected chi connectivity index (χ2v) is 9.56. The van der Waals surface area contributed by atoms with E-state index in [9.17, 15) is 4.79 Å². The summed E-state index contributed by atoms with van der Waals surface area (Å²) in [7, 11) is 0. The zero-order valence-corrected chi connectivity index (χ0v) is 18.0. The minimum Gasteiger partial charge on any atom is -0.454 e. The first-order chi connectivity index (χ1) is 14.7. The smallest absolute Gasteiger partial charge is 0.231 e. The number of nitrogens with zero attached hydrogens (tertiary/aromatic N) is 2. The number of carbonyl (C=O) groups excluding carboxylic acids is 1. The number of hydrogen-bond acceptors (Lipinski definition) is 5. The molecule has 3 fully saturated rings. The van der Waals surface area contributed by atoms with Gasteiger partial charge in [0.05, 0.1) is 5.69 Å². The van der Waals surface area contributed by atoms with Crippen LogP contribution in [-0.4, -0.2) is 56.4 Å². The van der Waals surface area contributed by atoms with Crippen molar-refractivity contribution in [3.8, 4) is 11.5 Å². The molecule has 0 bridgehead atoms. The third-order valence-electron chi connectivity index (χ3n) is 7.33. The van der Waals surface area contributed by atoms with Crippen LogP contribution in [0.2, 0.25) is 0 Å². The van der Waals surface area contributed by atoms with Gasteiger partial charge in [-0.25, -0.2) is 0 Å². The minimum atomic E-state index is 0.292. The monoisotopic (exact) mass is 413 g/mol. The molecule has 0 unspecified atom stereocenters. The quantitative estimate of drug-likeness (QED) is 0.743. The number of rotatable bonds is 7. The largest absolute Gasteiger partial charge is 0.454 e. The lowest BCUT2D eigenvalue weighted by Gasteiger charge is -2.37. The van der Waals surface area contributed by atoms with Crippen LogP contribution in [0.5, 0.6) is 11.5 Å². The van der Waals surface area contributed by atoms with E-state index in [1.807, 2.05) is 6.07 Å². The van der Waals surface area contributed by atoms with Gasteiger partial charge in [0.1, 0.15) is 0 Å². The van der Waals surface area contributed by atoms with Crippen LogP contribution in [0.4, 0.5) is 5.69 Å². The normalized spacial score (nSPS) is 26.6. The molecule has 1 saturated heterocycles. The Kier molecular flexibility index (Phi) is 6.02. The zero-order valence-electron chi connectivity index (χ0n) is 18.0. The molecular weight excluding hydrogens is 378 g/mol. The molecular formula is C24H35N3O3. The molecule has 164 valence electrons. The lowest BCUT2D eigenvalue weighted by Crippen LogP contribution is -2.47. The summed E-state index contributed by atoms with van der Waals surface area (Å²) in [6.07, 6.45) is 9.42. The Morgan fingerprint density at radius 3 is 2.50 bits per heavy atom. The van der Waals surface area contributed by atoms with Gasteiger partial charge in [0.2, 0.25) is 12.7 Å². The first kappa shape index (κ1) is 20.0. The lowest BCUT2D eigenvalue weighted by atomic mass is 9.84. The highest BCUT2D eigenvalue weighted by Crippen LogP contribution is 2.41. The van der Waals surface area contributed by atoms with Crippen LogP contribution in [0.25, 0.3) is 0 Å². The summed E-state index contributed by atoms with van der Waals surface area (Å²) < 4.78 is 11.2. The fraction of sp³-hybridized carbons (Fsp3) is 0.708. The summed E-state index contributed by atoms with van der Waals surface area (Å²) in [5.74, 6) is 3.58. The number of benzene rings is 1. The van der Waals surface area contributed by atoms with Gasteiger partial charge in [-0.15, -0.1) is 0 Å².